The van der Waals surface area contributed by atoms with Crippen LogP contribution in [0.5, 0.6) is 0 Å². The van der Waals surface area contributed by atoms with Crippen LogP contribution in [-0.4, -0.2) is 17.8 Å². The van der Waals surface area contributed by atoms with Gasteiger partial charge in [-0.2, -0.15) is 0 Å². The Morgan fingerprint density at radius 1 is 1.57 bits per heavy atom. The lowest BCUT2D eigenvalue weighted by Crippen LogP contribution is -1.97. The van der Waals surface area contributed by atoms with E-state index >= 15 is 0 Å². The summed E-state index contributed by atoms with van der Waals surface area (Å²) in [7, 11) is 0. The summed E-state index contributed by atoms with van der Waals surface area (Å²) in [4.78, 5) is 10.7. The third-order valence-electron chi connectivity index (χ3n) is 2.68. The average molecular weight is 194 g/mol. The molecule has 2 nitrogen and oxygen atoms in total. The van der Waals surface area contributed by atoms with Crippen molar-refractivity contribution in [3.05, 3.63) is 35.4 Å². The minimum Gasteiger partial charge on any atom is -0.478 e. The van der Waals surface area contributed by atoms with E-state index in [0.717, 1.165) is 12.0 Å². The molecular formula is C11H11FO2. The van der Waals surface area contributed by atoms with Crippen LogP contribution >= 0.6 is 0 Å². The maximum absolute atomic E-state index is 12.3. The maximum Gasteiger partial charge on any atom is 0.335 e. The van der Waals surface area contributed by atoms with Gasteiger partial charge >= 0.3 is 5.97 Å². The Morgan fingerprint density at radius 2 is 2.36 bits per heavy atom. The topological polar surface area (TPSA) is 37.3 Å². The maximum atomic E-state index is 12.3. The standard InChI is InChI=1S/C11H11FO2/c12-6-9-5-10(9)7-2-1-3-8(4-7)11(13)14/h1-4,9-10H,5-6H2,(H,13,14). The molecule has 0 saturated heterocycles. The molecule has 0 aromatic heterocycles. The Bertz CT molecular complexity index is 362. The summed E-state index contributed by atoms with van der Waals surface area (Å²) in [5.41, 5.74) is 1.24. The van der Waals surface area contributed by atoms with Gasteiger partial charge in [-0.1, -0.05) is 12.1 Å². The average Bonchev–Trinajstić information content (AvgIpc) is 2.97. The predicted octanol–water partition coefficient (Wildman–Crippen LogP) is 2.46. The molecule has 2 unspecified atom stereocenters. The van der Waals surface area contributed by atoms with Gasteiger partial charge in [0.05, 0.1) is 12.2 Å². The molecule has 0 radical (unpaired) electrons. The zero-order chi connectivity index (χ0) is 10.1. The summed E-state index contributed by atoms with van der Waals surface area (Å²) in [6, 6.07) is 6.78. The summed E-state index contributed by atoms with van der Waals surface area (Å²) >= 11 is 0. The second-order valence-corrected chi connectivity index (χ2v) is 3.69. The van der Waals surface area contributed by atoms with Crippen molar-refractivity contribution in [1.29, 1.82) is 0 Å². The lowest BCUT2D eigenvalue weighted by Gasteiger charge is -2.00. The van der Waals surface area contributed by atoms with Gasteiger partial charge in [-0.05, 0) is 36.0 Å². The monoisotopic (exact) mass is 194 g/mol. The Labute approximate surface area is 81.4 Å². The van der Waals surface area contributed by atoms with Crippen molar-refractivity contribution < 1.29 is 14.3 Å². The molecule has 1 aromatic carbocycles. The Kier molecular flexibility index (Phi) is 2.23. The van der Waals surface area contributed by atoms with Gasteiger partial charge in [-0.3, -0.25) is 4.39 Å². The largest absolute Gasteiger partial charge is 0.478 e. The van der Waals surface area contributed by atoms with Crippen LogP contribution in [-0.2, 0) is 0 Å². The Balaban J connectivity index is 2.19. The Hall–Kier alpha value is -1.38. The first kappa shape index (κ1) is 9.19. The second kappa shape index (κ2) is 3.40. The fourth-order valence-corrected chi connectivity index (χ4v) is 1.73. The molecule has 3 heteroatoms. The van der Waals surface area contributed by atoms with E-state index in [-0.39, 0.29) is 24.1 Å². The summed E-state index contributed by atoms with van der Waals surface area (Å²) in [6.45, 7) is -0.304. The van der Waals surface area contributed by atoms with Gasteiger partial charge in [0.25, 0.3) is 0 Å². The minimum atomic E-state index is -0.927. The number of halogens is 1. The van der Waals surface area contributed by atoms with Gasteiger partial charge in [0.2, 0.25) is 0 Å². The molecule has 1 saturated carbocycles. The molecule has 0 heterocycles. The number of hydrogen-bond donors (Lipinski definition) is 1. The molecule has 0 bridgehead atoms. The van der Waals surface area contributed by atoms with Gasteiger partial charge < -0.3 is 5.11 Å². The van der Waals surface area contributed by atoms with E-state index in [1.54, 1.807) is 18.2 Å². The Morgan fingerprint density at radius 3 is 2.93 bits per heavy atom. The molecule has 1 fully saturated rings. The first-order valence-electron chi connectivity index (χ1n) is 4.61. The van der Waals surface area contributed by atoms with E-state index in [1.165, 1.54) is 0 Å². The van der Waals surface area contributed by atoms with Crippen LogP contribution in [0.25, 0.3) is 0 Å². The minimum absolute atomic E-state index is 0.110. The lowest BCUT2D eigenvalue weighted by molar-refractivity contribution is 0.0697. The molecule has 0 spiro atoms. The van der Waals surface area contributed by atoms with E-state index in [0.29, 0.717) is 0 Å². The molecule has 2 rings (SSSR count). The first-order chi connectivity index (χ1) is 6.72. The van der Waals surface area contributed by atoms with E-state index < -0.39 is 5.97 Å². The van der Waals surface area contributed by atoms with Crippen molar-refractivity contribution in [1.82, 2.24) is 0 Å². The summed E-state index contributed by atoms with van der Waals surface area (Å²) in [6.07, 6.45) is 0.847. The number of aromatic carboxylic acids is 1. The zero-order valence-corrected chi connectivity index (χ0v) is 7.61. The van der Waals surface area contributed by atoms with E-state index in [1.807, 2.05) is 6.07 Å². The summed E-state index contributed by atoms with van der Waals surface area (Å²) < 4.78 is 12.3. The highest BCUT2D eigenvalue weighted by Crippen LogP contribution is 2.47. The van der Waals surface area contributed by atoms with Crippen LogP contribution in [0.2, 0.25) is 0 Å². The fourth-order valence-electron chi connectivity index (χ4n) is 1.73. The van der Waals surface area contributed by atoms with Gasteiger partial charge in [-0.25, -0.2) is 4.79 Å². The van der Waals surface area contributed by atoms with Crippen LogP contribution in [0.1, 0.15) is 28.3 Å². The van der Waals surface area contributed by atoms with Crippen LogP contribution in [0.4, 0.5) is 4.39 Å². The van der Waals surface area contributed by atoms with Crippen LogP contribution in [0, 0.1) is 5.92 Å². The predicted molar refractivity (Wildman–Crippen MR) is 50.2 cm³/mol. The van der Waals surface area contributed by atoms with E-state index in [4.69, 9.17) is 5.11 Å². The van der Waals surface area contributed by atoms with Crippen LogP contribution in [0.15, 0.2) is 24.3 Å². The highest BCUT2D eigenvalue weighted by atomic mass is 19.1. The number of hydrogen-bond acceptors (Lipinski definition) is 1. The molecule has 0 aliphatic heterocycles. The van der Waals surface area contributed by atoms with Crippen LogP contribution in [0.3, 0.4) is 0 Å². The quantitative estimate of drug-likeness (QED) is 0.802. The van der Waals surface area contributed by atoms with Crippen molar-refractivity contribution in [2.24, 2.45) is 5.92 Å². The van der Waals surface area contributed by atoms with E-state index in [9.17, 15) is 9.18 Å². The van der Waals surface area contributed by atoms with Gasteiger partial charge in [0.15, 0.2) is 0 Å². The SMILES string of the molecule is O=C(O)c1cccc(C2CC2CF)c1. The molecule has 0 amide bonds. The number of rotatable bonds is 3. The first-order valence-corrected chi connectivity index (χ1v) is 4.61. The van der Waals surface area contributed by atoms with Crippen molar-refractivity contribution in [2.75, 3.05) is 6.67 Å². The molecule has 74 valence electrons. The van der Waals surface area contributed by atoms with Gasteiger partial charge in [0, 0.05) is 0 Å². The molecule has 1 aromatic rings. The van der Waals surface area contributed by atoms with E-state index in [2.05, 4.69) is 0 Å². The number of alkyl halides is 1. The fraction of sp³-hybridized carbons (Fsp3) is 0.364. The normalized spacial score (nSPS) is 24.6. The molecule has 1 N–H and O–H groups in total. The third-order valence-corrected chi connectivity index (χ3v) is 2.68. The molecule has 14 heavy (non-hydrogen) atoms. The highest BCUT2D eigenvalue weighted by molar-refractivity contribution is 5.87. The van der Waals surface area contributed by atoms with Crippen molar-refractivity contribution in [3.63, 3.8) is 0 Å². The lowest BCUT2D eigenvalue weighted by atomic mass is 10.1. The van der Waals surface area contributed by atoms with Crippen molar-refractivity contribution in [3.8, 4) is 0 Å². The molecular weight excluding hydrogens is 183 g/mol. The molecule has 1 aliphatic rings. The third kappa shape index (κ3) is 1.62. The van der Waals surface area contributed by atoms with Gasteiger partial charge in [-0.15, -0.1) is 0 Å². The van der Waals surface area contributed by atoms with Crippen LogP contribution < -0.4 is 0 Å². The number of benzene rings is 1. The highest BCUT2D eigenvalue weighted by Gasteiger charge is 2.38. The van der Waals surface area contributed by atoms with Crippen molar-refractivity contribution >= 4 is 5.97 Å². The summed E-state index contributed by atoms with van der Waals surface area (Å²) in [5, 5.41) is 8.76. The van der Waals surface area contributed by atoms with Gasteiger partial charge in [0.1, 0.15) is 0 Å². The smallest absolute Gasteiger partial charge is 0.335 e. The second-order valence-electron chi connectivity index (χ2n) is 3.69. The number of carbonyl (C=O) groups is 1. The number of carboxylic acid groups (broad SMARTS) is 1. The number of carboxylic acids is 1. The molecule has 2 atom stereocenters. The molecule has 1 aliphatic carbocycles. The summed E-state index contributed by atoms with van der Waals surface area (Å²) in [5.74, 6) is -0.581. The van der Waals surface area contributed by atoms with Crippen molar-refractivity contribution in [2.45, 2.75) is 12.3 Å². The zero-order valence-electron chi connectivity index (χ0n) is 7.61.